The maximum Gasteiger partial charge on any atom is 0.257 e. The zero-order chi connectivity index (χ0) is 20.8. The number of nitrogens with zero attached hydrogens (tertiary/aromatic N) is 1. The summed E-state index contributed by atoms with van der Waals surface area (Å²) in [5.41, 5.74) is 3.02. The average molecular weight is 412 g/mol. The number of nitrogens with one attached hydrogen (secondary N) is 2. The van der Waals surface area contributed by atoms with Crippen LogP contribution in [0.25, 0.3) is 0 Å². The van der Waals surface area contributed by atoms with Gasteiger partial charge in [0.1, 0.15) is 5.82 Å². The van der Waals surface area contributed by atoms with Gasteiger partial charge in [-0.3, -0.25) is 14.9 Å². The van der Waals surface area contributed by atoms with Gasteiger partial charge in [0.15, 0.2) is 5.13 Å². The quantitative estimate of drug-likeness (QED) is 0.559. The summed E-state index contributed by atoms with van der Waals surface area (Å²) in [4.78, 5) is 28.8. The summed E-state index contributed by atoms with van der Waals surface area (Å²) in [6.45, 7) is 4.17. The van der Waals surface area contributed by atoms with Crippen LogP contribution < -0.4 is 10.6 Å². The Labute approximate surface area is 173 Å². The molecule has 0 aliphatic carbocycles. The van der Waals surface area contributed by atoms with Gasteiger partial charge in [0, 0.05) is 23.1 Å². The van der Waals surface area contributed by atoms with Crippen LogP contribution in [0.5, 0.6) is 0 Å². The van der Waals surface area contributed by atoms with Gasteiger partial charge in [0.2, 0.25) is 5.91 Å². The molecule has 0 aliphatic heterocycles. The molecule has 2 amide bonds. The lowest BCUT2D eigenvalue weighted by atomic mass is 10.0. The molecule has 1 heterocycles. The monoisotopic (exact) mass is 411 g/mol. The van der Waals surface area contributed by atoms with Crippen molar-refractivity contribution in [2.75, 3.05) is 10.6 Å². The molecule has 0 radical (unpaired) electrons. The SMILES string of the molecule is CC(C)c1ccccc1NC(=O)CCc1csc(NC(=O)c2ccc(F)cc2)n1. The van der Waals surface area contributed by atoms with Gasteiger partial charge >= 0.3 is 0 Å². The van der Waals surface area contributed by atoms with E-state index in [0.717, 1.165) is 16.9 Å². The van der Waals surface area contributed by atoms with Crippen molar-refractivity contribution >= 4 is 34.0 Å². The second-order valence-electron chi connectivity index (χ2n) is 6.90. The lowest BCUT2D eigenvalue weighted by Gasteiger charge is -2.13. The highest BCUT2D eigenvalue weighted by Crippen LogP contribution is 2.24. The third-order valence-corrected chi connectivity index (χ3v) is 5.15. The number of aromatic nitrogens is 1. The lowest BCUT2D eigenvalue weighted by molar-refractivity contribution is -0.116. The van der Waals surface area contributed by atoms with E-state index in [2.05, 4.69) is 29.5 Å². The molecule has 5 nitrogen and oxygen atoms in total. The van der Waals surface area contributed by atoms with Gasteiger partial charge in [-0.25, -0.2) is 9.37 Å². The Morgan fingerprint density at radius 1 is 1.07 bits per heavy atom. The molecule has 0 saturated heterocycles. The van der Waals surface area contributed by atoms with E-state index in [1.54, 1.807) is 0 Å². The predicted molar refractivity (Wildman–Crippen MR) is 114 cm³/mol. The van der Waals surface area contributed by atoms with Crippen molar-refractivity contribution in [3.05, 3.63) is 76.5 Å². The maximum atomic E-state index is 13.0. The summed E-state index contributed by atoms with van der Waals surface area (Å²) in [6.07, 6.45) is 0.764. The van der Waals surface area contributed by atoms with Crippen LogP contribution >= 0.6 is 11.3 Å². The van der Waals surface area contributed by atoms with Gasteiger partial charge in [0.05, 0.1) is 5.69 Å². The van der Waals surface area contributed by atoms with Crippen molar-refractivity contribution in [1.82, 2.24) is 4.98 Å². The summed E-state index contributed by atoms with van der Waals surface area (Å²) in [5, 5.41) is 7.91. The van der Waals surface area contributed by atoms with Crippen molar-refractivity contribution in [2.24, 2.45) is 0 Å². The number of halogens is 1. The molecule has 29 heavy (non-hydrogen) atoms. The van der Waals surface area contributed by atoms with Gasteiger partial charge < -0.3 is 5.32 Å². The number of rotatable bonds is 7. The number of hydrogen-bond acceptors (Lipinski definition) is 4. The molecule has 0 spiro atoms. The van der Waals surface area contributed by atoms with Crippen LogP contribution in [0, 0.1) is 5.82 Å². The normalized spacial score (nSPS) is 10.8. The highest BCUT2D eigenvalue weighted by molar-refractivity contribution is 7.14. The highest BCUT2D eigenvalue weighted by Gasteiger charge is 2.12. The molecule has 0 aliphatic rings. The Hall–Kier alpha value is -3.06. The Balaban J connectivity index is 1.53. The molecular formula is C22H22FN3O2S. The Morgan fingerprint density at radius 2 is 1.79 bits per heavy atom. The standard InChI is InChI=1S/C22H22FN3O2S/c1-14(2)18-5-3-4-6-19(18)25-20(27)12-11-17-13-29-22(24-17)26-21(28)15-7-9-16(23)10-8-15/h3-10,13-14H,11-12H2,1-2H3,(H,25,27)(H,24,26,28). The molecule has 7 heteroatoms. The van der Waals surface area contributed by atoms with Crippen LogP contribution in [-0.2, 0) is 11.2 Å². The van der Waals surface area contributed by atoms with E-state index in [4.69, 9.17) is 0 Å². The molecule has 2 N–H and O–H groups in total. The number of hydrogen-bond donors (Lipinski definition) is 2. The molecule has 0 unspecified atom stereocenters. The fraction of sp³-hybridized carbons (Fsp3) is 0.227. The highest BCUT2D eigenvalue weighted by atomic mass is 32.1. The molecule has 3 aromatic rings. The van der Waals surface area contributed by atoms with E-state index in [1.165, 1.54) is 35.6 Å². The van der Waals surface area contributed by atoms with Crippen molar-refractivity contribution in [2.45, 2.75) is 32.6 Å². The van der Waals surface area contributed by atoms with Crippen LogP contribution in [0.2, 0.25) is 0 Å². The topological polar surface area (TPSA) is 71.1 Å². The number of benzene rings is 2. The summed E-state index contributed by atoms with van der Waals surface area (Å²) in [7, 11) is 0. The number of aryl methyl sites for hydroxylation is 1. The van der Waals surface area contributed by atoms with E-state index in [0.29, 0.717) is 29.5 Å². The third kappa shape index (κ3) is 5.71. The number of carbonyl (C=O) groups is 2. The fourth-order valence-electron chi connectivity index (χ4n) is 2.82. The Morgan fingerprint density at radius 3 is 2.52 bits per heavy atom. The van der Waals surface area contributed by atoms with E-state index < -0.39 is 5.82 Å². The van der Waals surface area contributed by atoms with E-state index in [1.807, 2.05) is 29.6 Å². The van der Waals surface area contributed by atoms with Gasteiger partial charge in [-0.05, 0) is 48.2 Å². The predicted octanol–water partition coefficient (Wildman–Crippen LogP) is 5.23. The molecule has 0 bridgehead atoms. The van der Waals surface area contributed by atoms with Crippen molar-refractivity contribution in [3.8, 4) is 0 Å². The van der Waals surface area contributed by atoms with E-state index >= 15 is 0 Å². The first kappa shape index (κ1) is 20.7. The fourth-order valence-corrected chi connectivity index (χ4v) is 3.56. The molecule has 150 valence electrons. The van der Waals surface area contributed by atoms with Crippen LogP contribution in [0.1, 0.15) is 47.8 Å². The number of carbonyl (C=O) groups excluding carboxylic acids is 2. The molecule has 1 aromatic heterocycles. The molecular weight excluding hydrogens is 389 g/mol. The third-order valence-electron chi connectivity index (χ3n) is 4.34. The molecule has 0 atom stereocenters. The summed E-state index contributed by atoms with van der Waals surface area (Å²) in [6, 6.07) is 13.1. The largest absolute Gasteiger partial charge is 0.326 e. The van der Waals surface area contributed by atoms with E-state index in [-0.39, 0.29) is 11.8 Å². The van der Waals surface area contributed by atoms with Crippen molar-refractivity contribution in [3.63, 3.8) is 0 Å². The van der Waals surface area contributed by atoms with Gasteiger partial charge in [-0.2, -0.15) is 0 Å². The maximum absolute atomic E-state index is 13.0. The van der Waals surface area contributed by atoms with Crippen LogP contribution in [0.4, 0.5) is 15.2 Å². The van der Waals surface area contributed by atoms with Gasteiger partial charge in [-0.1, -0.05) is 32.0 Å². The Kier molecular flexibility index (Phi) is 6.72. The second kappa shape index (κ2) is 9.43. The van der Waals surface area contributed by atoms with Crippen LogP contribution in [0.15, 0.2) is 53.9 Å². The number of amides is 2. The summed E-state index contributed by atoms with van der Waals surface area (Å²) >= 11 is 1.29. The zero-order valence-electron chi connectivity index (χ0n) is 16.2. The molecule has 3 rings (SSSR count). The zero-order valence-corrected chi connectivity index (χ0v) is 17.1. The molecule has 0 saturated carbocycles. The van der Waals surface area contributed by atoms with Gasteiger partial charge in [0.25, 0.3) is 5.91 Å². The lowest BCUT2D eigenvalue weighted by Crippen LogP contribution is -2.14. The number of thiazole rings is 1. The second-order valence-corrected chi connectivity index (χ2v) is 7.75. The first-order valence-corrected chi connectivity index (χ1v) is 10.2. The van der Waals surface area contributed by atoms with Crippen molar-refractivity contribution in [1.29, 1.82) is 0 Å². The Bertz CT molecular complexity index is 999. The van der Waals surface area contributed by atoms with Crippen molar-refractivity contribution < 1.29 is 14.0 Å². The number of anilines is 2. The first-order valence-electron chi connectivity index (χ1n) is 9.32. The minimum Gasteiger partial charge on any atom is -0.326 e. The minimum atomic E-state index is -0.396. The minimum absolute atomic E-state index is 0.0806. The van der Waals surface area contributed by atoms with E-state index in [9.17, 15) is 14.0 Å². The van der Waals surface area contributed by atoms with Gasteiger partial charge in [-0.15, -0.1) is 11.3 Å². The van der Waals surface area contributed by atoms with Crippen LogP contribution in [-0.4, -0.2) is 16.8 Å². The summed E-state index contributed by atoms with van der Waals surface area (Å²) < 4.78 is 13.0. The molecule has 0 fully saturated rings. The number of para-hydroxylation sites is 1. The smallest absolute Gasteiger partial charge is 0.257 e. The van der Waals surface area contributed by atoms with Crippen LogP contribution in [0.3, 0.4) is 0 Å². The first-order chi connectivity index (χ1) is 13.9. The molecule has 2 aromatic carbocycles. The average Bonchev–Trinajstić information content (AvgIpc) is 3.14. The summed E-state index contributed by atoms with van der Waals surface area (Å²) in [5.74, 6) is -0.512.